The van der Waals surface area contributed by atoms with Crippen LogP contribution in [-0.2, 0) is 20.0 Å². The van der Waals surface area contributed by atoms with Crippen molar-refractivity contribution in [2.75, 3.05) is 32.4 Å². The first-order valence-corrected chi connectivity index (χ1v) is 11.3. The maximum absolute atomic E-state index is 12.6. The number of rotatable bonds is 6. The van der Waals surface area contributed by atoms with Gasteiger partial charge in [0.2, 0.25) is 0 Å². The second-order valence-electron chi connectivity index (χ2n) is 6.29. The van der Waals surface area contributed by atoms with E-state index in [4.69, 9.17) is 22.9 Å². The molecule has 1 aromatic heterocycles. The molecule has 0 saturated heterocycles. The smallest absolute Gasteiger partial charge is 0.263 e. The molecule has 30 heavy (non-hydrogen) atoms. The van der Waals surface area contributed by atoms with Crippen LogP contribution in [0.25, 0.3) is 0 Å². The highest BCUT2D eigenvalue weighted by Crippen LogP contribution is 2.23. The number of nitrogen functional groups attached to an aromatic ring is 4. The molecule has 0 aliphatic carbocycles. The number of anilines is 6. The van der Waals surface area contributed by atoms with Crippen LogP contribution in [0.3, 0.4) is 0 Å². The number of sulfonamides is 2. The lowest BCUT2D eigenvalue weighted by Gasteiger charge is -2.12. The van der Waals surface area contributed by atoms with E-state index in [9.17, 15) is 16.8 Å². The van der Waals surface area contributed by atoms with Crippen molar-refractivity contribution >= 4 is 54.4 Å². The molecule has 3 rings (SSSR count). The highest BCUT2D eigenvalue weighted by Gasteiger charge is 2.19. The van der Waals surface area contributed by atoms with Gasteiger partial charge >= 0.3 is 0 Å². The molecule has 1 heterocycles. The first-order chi connectivity index (χ1) is 13.9. The van der Waals surface area contributed by atoms with E-state index >= 15 is 0 Å². The maximum atomic E-state index is 12.6. The minimum Gasteiger partial charge on any atom is -0.399 e. The predicted octanol–water partition coefficient (Wildman–Crippen LogP) is 1.01. The first kappa shape index (κ1) is 21.0. The number of pyridine rings is 1. The maximum Gasteiger partial charge on any atom is 0.263 e. The second-order valence-corrected chi connectivity index (χ2v) is 9.65. The van der Waals surface area contributed by atoms with Gasteiger partial charge in [0.15, 0.2) is 0 Å². The topological polar surface area (TPSA) is 209 Å². The molecule has 0 saturated carbocycles. The summed E-state index contributed by atoms with van der Waals surface area (Å²) in [5, 5.41) is 0. The first-order valence-electron chi connectivity index (χ1n) is 8.29. The van der Waals surface area contributed by atoms with Crippen LogP contribution in [0.1, 0.15) is 0 Å². The quantitative estimate of drug-likeness (QED) is 0.296. The Labute approximate surface area is 173 Å². The SMILES string of the molecule is Nc1cc(N)cc(S(=O)(=O)Nc2cccc(NS(=O)(=O)c3cc(N)cc(N)c3)n2)c1. The van der Waals surface area contributed by atoms with Crippen LogP contribution in [0.15, 0.2) is 64.4 Å². The number of hydrogen-bond acceptors (Lipinski definition) is 9. The zero-order valence-corrected chi connectivity index (χ0v) is 17.0. The van der Waals surface area contributed by atoms with E-state index in [0.717, 1.165) is 0 Å². The second kappa shape index (κ2) is 7.61. The van der Waals surface area contributed by atoms with Crippen molar-refractivity contribution in [2.45, 2.75) is 9.79 Å². The Kier molecular flexibility index (Phi) is 5.33. The van der Waals surface area contributed by atoms with E-state index in [1.54, 1.807) is 0 Å². The highest BCUT2D eigenvalue weighted by molar-refractivity contribution is 7.93. The molecule has 3 aromatic rings. The lowest BCUT2D eigenvalue weighted by Crippen LogP contribution is -2.17. The fourth-order valence-corrected chi connectivity index (χ4v) is 4.72. The van der Waals surface area contributed by atoms with Gasteiger partial charge in [0.05, 0.1) is 9.79 Å². The molecule has 158 valence electrons. The zero-order chi connectivity index (χ0) is 22.1. The highest BCUT2D eigenvalue weighted by atomic mass is 32.2. The van der Waals surface area contributed by atoms with Gasteiger partial charge in [0.25, 0.3) is 20.0 Å². The molecule has 0 amide bonds. The van der Waals surface area contributed by atoms with Gasteiger partial charge in [0, 0.05) is 22.7 Å². The number of nitrogens with zero attached hydrogens (tertiary/aromatic N) is 1. The van der Waals surface area contributed by atoms with E-state index in [0.29, 0.717) is 0 Å². The molecule has 0 aliphatic heterocycles. The Bertz CT molecular complexity index is 1190. The van der Waals surface area contributed by atoms with Gasteiger partial charge in [-0.2, -0.15) is 0 Å². The van der Waals surface area contributed by atoms with Crippen molar-refractivity contribution in [3.05, 3.63) is 54.6 Å². The summed E-state index contributed by atoms with van der Waals surface area (Å²) in [6.45, 7) is 0. The molecule has 0 aliphatic rings. The average Bonchev–Trinajstić information content (AvgIpc) is 2.59. The van der Waals surface area contributed by atoms with E-state index in [-0.39, 0.29) is 44.2 Å². The van der Waals surface area contributed by atoms with Crippen LogP contribution < -0.4 is 32.4 Å². The molecular weight excluding hydrogens is 430 g/mol. The molecule has 0 atom stereocenters. The third kappa shape index (κ3) is 4.82. The molecule has 0 radical (unpaired) electrons. The van der Waals surface area contributed by atoms with Crippen LogP contribution in [0.5, 0.6) is 0 Å². The molecule has 13 heteroatoms. The average molecular weight is 450 g/mol. The number of hydrogen-bond donors (Lipinski definition) is 6. The minimum absolute atomic E-state index is 0.122. The van der Waals surface area contributed by atoms with Crippen molar-refractivity contribution < 1.29 is 16.8 Å². The van der Waals surface area contributed by atoms with Gasteiger partial charge in [-0.25, -0.2) is 21.8 Å². The summed E-state index contributed by atoms with van der Waals surface area (Å²) in [6.07, 6.45) is 0. The Morgan fingerprint density at radius 3 is 1.27 bits per heavy atom. The van der Waals surface area contributed by atoms with Crippen LogP contribution in [-0.4, -0.2) is 21.8 Å². The van der Waals surface area contributed by atoms with Gasteiger partial charge in [-0.15, -0.1) is 0 Å². The summed E-state index contributed by atoms with van der Waals surface area (Å²) >= 11 is 0. The van der Waals surface area contributed by atoms with Gasteiger partial charge in [-0.1, -0.05) is 6.07 Å². The van der Waals surface area contributed by atoms with E-state index < -0.39 is 20.0 Å². The lowest BCUT2D eigenvalue weighted by atomic mass is 10.3. The molecular formula is C17H19N7O4S2. The van der Waals surface area contributed by atoms with Gasteiger partial charge < -0.3 is 22.9 Å². The molecule has 2 aromatic carbocycles. The molecule has 10 N–H and O–H groups in total. The Morgan fingerprint density at radius 1 is 0.600 bits per heavy atom. The van der Waals surface area contributed by atoms with Gasteiger partial charge in [-0.3, -0.25) is 9.44 Å². The number of nitrogens with two attached hydrogens (primary N) is 4. The molecule has 0 unspecified atom stereocenters. The standard InChI is InChI=1S/C17H19N7O4S2/c18-10-4-11(19)7-14(6-10)29(25,26)23-16-2-1-3-17(22-16)24-30(27,28)15-8-12(20)5-13(21)9-15/h1-9H,18-21H2,(H2,22,23,24). The summed E-state index contributed by atoms with van der Waals surface area (Å²) in [4.78, 5) is 3.65. The van der Waals surface area contributed by atoms with Crippen molar-refractivity contribution in [3.63, 3.8) is 0 Å². The Hall–Kier alpha value is -3.71. The van der Waals surface area contributed by atoms with Gasteiger partial charge in [0.1, 0.15) is 11.6 Å². The largest absolute Gasteiger partial charge is 0.399 e. The number of nitrogens with one attached hydrogen (secondary N) is 2. The van der Waals surface area contributed by atoms with E-state index in [1.807, 2.05) is 0 Å². The summed E-state index contributed by atoms with van der Waals surface area (Å²) in [5.41, 5.74) is 23.2. The van der Waals surface area contributed by atoms with Crippen LogP contribution >= 0.6 is 0 Å². The summed E-state index contributed by atoms with van der Waals surface area (Å²) < 4.78 is 54.8. The molecule has 0 spiro atoms. The monoisotopic (exact) mass is 449 g/mol. The van der Waals surface area contributed by atoms with Crippen molar-refractivity contribution in [1.29, 1.82) is 0 Å². The fourth-order valence-electron chi connectivity index (χ4n) is 2.54. The Balaban J connectivity index is 1.87. The molecule has 0 fully saturated rings. The van der Waals surface area contributed by atoms with Crippen molar-refractivity contribution in [2.24, 2.45) is 0 Å². The van der Waals surface area contributed by atoms with Gasteiger partial charge in [-0.05, 0) is 48.5 Å². The zero-order valence-electron chi connectivity index (χ0n) is 15.4. The van der Waals surface area contributed by atoms with Crippen molar-refractivity contribution in [3.8, 4) is 0 Å². The number of benzene rings is 2. The third-order valence-electron chi connectivity index (χ3n) is 3.75. The number of aromatic nitrogens is 1. The Morgan fingerprint density at radius 2 is 0.933 bits per heavy atom. The summed E-state index contributed by atoms with van der Waals surface area (Å²) in [6, 6.07) is 11.9. The van der Waals surface area contributed by atoms with Crippen LogP contribution in [0.2, 0.25) is 0 Å². The van der Waals surface area contributed by atoms with E-state index in [2.05, 4.69) is 14.4 Å². The molecule has 11 nitrogen and oxygen atoms in total. The summed E-state index contributed by atoms with van der Waals surface area (Å²) in [7, 11) is -8.13. The van der Waals surface area contributed by atoms with Crippen molar-refractivity contribution in [1.82, 2.24) is 4.98 Å². The minimum atomic E-state index is -4.06. The molecule has 0 bridgehead atoms. The van der Waals surface area contributed by atoms with Crippen LogP contribution in [0, 0.1) is 0 Å². The fraction of sp³-hybridized carbons (Fsp3) is 0. The summed E-state index contributed by atoms with van der Waals surface area (Å²) in [5.74, 6) is -0.244. The van der Waals surface area contributed by atoms with E-state index in [1.165, 1.54) is 54.6 Å². The third-order valence-corrected chi connectivity index (χ3v) is 6.42. The normalized spacial score (nSPS) is 11.7. The van der Waals surface area contributed by atoms with Crippen LogP contribution in [0.4, 0.5) is 34.4 Å². The lowest BCUT2D eigenvalue weighted by molar-refractivity contribution is 0.600. The predicted molar refractivity (Wildman–Crippen MR) is 116 cm³/mol.